The Morgan fingerprint density at radius 3 is 2.96 bits per heavy atom. The van der Waals surface area contributed by atoms with Gasteiger partial charge in [-0.1, -0.05) is 36.7 Å². The number of fused-ring (bicyclic) bond motifs is 1. The van der Waals surface area contributed by atoms with Crippen LogP contribution in [0.25, 0.3) is 5.82 Å². The predicted molar refractivity (Wildman–Crippen MR) is 101 cm³/mol. The number of hydrogen-bond acceptors (Lipinski definition) is 4. The third-order valence-electron chi connectivity index (χ3n) is 4.00. The topological polar surface area (TPSA) is 52.3 Å². The summed E-state index contributed by atoms with van der Waals surface area (Å²) in [7, 11) is 0. The van der Waals surface area contributed by atoms with Crippen LogP contribution in [0.2, 0.25) is 5.02 Å². The summed E-state index contributed by atoms with van der Waals surface area (Å²) in [5, 5.41) is 4.95. The summed E-state index contributed by atoms with van der Waals surface area (Å²) in [5.74, 6) is 1.04. The highest BCUT2D eigenvalue weighted by atomic mass is 79.9. The van der Waals surface area contributed by atoms with E-state index < -0.39 is 0 Å². The maximum Gasteiger partial charge on any atom is 0.241 e. The van der Waals surface area contributed by atoms with Gasteiger partial charge in [0.2, 0.25) is 5.90 Å². The monoisotopic (exact) mass is 416 g/mol. The zero-order chi connectivity index (χ0) is 17.4. The Morgan fingerprint density at radius 1 is 1.28 bits per heavy atom. The molecule has 1 aliphatic rings. The first kappa shape index (κ1) is 16.3. The molecule has 5 nitrogen and oxygen atoms in total. The highest BCUT2D eigenvalue weighted by molar-refractivity contribution is 9.10. The molecule has 0 saturated carbocycles. The van der Waals surface area contributed by atoms with Gasteiger partial charge in [-0.25, -0.2) is 14.7 Å². The molecular formula is C18H14BrClN4O. The van der Waals surface area contributed by atoms with Crippen LogP contribution >= 0.6 is 27.5 Å². The number of benzene rings is 1. The van der Waals surface area contributed by atoms with Gasteiger partial charge >= 0.3 is 0 Å². The maximum atomic E-state index is 6.29. The second-order valence-electron chi connectivity index (χ2n) is 5.56. The van der Waals surface area contributed by atoms with Gasteiger partial charge in [0.25, 0.3) is 0 Å². The van der Waals surface area contributed by atoms with Crippen molar-refractivity contribution in [2.24, 2.45) is 4.99 Å². The van der Waals surface area contributed by atoms with Crippen LogP contribution in [0.4, 0.5) is 5.69 Å². The molecule has 0 saturated heterocycles. The van der Waals surface area contributed by atoms with Crippen molar-refractivity contribution in [1.29, 1.82) is 0 Å². The molecule has 7 heteroatoms. The van der Waals surface area contributed by atoms with Crippen LogP contribution in [0.5, 0.6) is 0 Å². The van der Waals surface area contributed by atoms with E-state index in [0.717, 1.165) is 17.7 Å². The molecule has 0 atom stereocenters. The van der Waals surface area contributed by atoms with Crippen LogP contribution in [0.3, 0.4) is 0 Å². The Hall–Kier alpha value is -2.18. The van der Waals surface area contributed by atoms with Crippen molar-refractivity contribution in [3.8, 4) is 5.82 Å². The van der Waals surface area contributed by atoms with Gasteiger partial charge in [-0.15, -0.1) is 0 Å². The van der Waals surface area contributed by atoms with Crippen molar-refractivity contribution in [3.05, 3.63) is 69.0 Å². The molecule has 1 aliphatic heterocycles. The number of para-hydroxylation sites is 1. The van der Waals surface area contributed by atoms with Gasteiger partial charge in [-0.05, 0) is 40.0 Å². The molecule has 3 aromatic rings. The van der Waals surface area contributed by atoms with Gasteiger partial charge in [0.1, 0.15) is 16.9 Å². The van der Waals surface area contributed by atoms with Gasteiger partial charge in [0, 0.05) is 17.8 Å². The van der Waals surface area contributed by atoms with E-state index in [0.29, 0.717) is 33.6 Å². The molecule has 0 bridgehead atoms. The summed E-state index contributed by atoms with van der Waals surface area (Å²) in [6.45, 7) is 2.59. The van der Waals surface area contributed by atoms with E-state index in [2.05, 4.69) is 39.0 Å². The minimum absolute atomic E-state index is 0.473. The van der Waals surface area contributed by atoms with Crippen LogP contribution in [0.15, 0.2) is 52.2 Å². The lowest BCUT2D eigenvalue weighted by atomic mass is 10.0. The van der Waals surface area contributed by atoms with Crippen molar-refractivity contribution in [1.82, 2.24) is 14.8 Å². The van der Waals surface area contributed by atoms with E-state index in [1.165, 1.54) is 5.56 Å². The molecule has 0 fully saturated rings. The quantitative estimate of drug-likeness (QED) is 0.612. The van der Waals surface area contributed by atoms with E-state index >= 15 is 0 Å². The van der Waals surface area contributed by atoms with Crippen LogP contribution < -0.4 is 0 Å². The SMILES string of the molecule is CCc1cccc2c1N=C(c1cc(Br)nn1-c1ncccc1Cl)OC2. The standard InChI is InChI=1S/C18H14BrClN4O/c1-2-11-5-3-6-12-10-25-18(22-16(11)12)14-9-15(19)23-24(14)17-13(20)7-4-8-21-17/h3-9H,2,10H2,1H3. The first-order chi connectivity index (χ1) is 12.2. The molecule has 0 unspecified atom stereocenters. The van der Waals surface area contributed by atoms with Crippen molar-refractivity contribution >= 4 is 39.1 Å². The molecule has 0 amide bonds. The van der Waals surface area contributed by atoms with E-state index in [1.807, 2.05) is 18.2 Å². The Kier molecular flexibility index (Phi) is 4.31. The zero-order valence-corrected chi connectivity index (χ0v) is 15.8. The highest BCUT2D eigenvalue weighted by Crippen LogP contribution is 2.32. The predicted octanol–water partition coefficient (Wildman–Crippen LogP) is 4.85. The first-order valence-electron chi connectivity index (χ1n) is 7.86. The number of pyridine rings is 1. The number of ether oxygens (including phenoxy) is 1. The summed E-state index contributed by atoms with van der Waals surface area (Å²) >= 11 is 9.71. The summed E-state index contributed by atoms with van der Waals surface area (Å²) in [5.41, 5.74) is 3.95. The smallest absolute Gasteiger partial charge is 0.241 e. The largest absolute Gasteiger partial charge is 0.471 e. The minimum Gasteiger partial charge on any atom is -0.471 e. The Balaban J connectivity index is 1.87. The van der Waals surface area contributed by atoms with E-state index in [4.69, 9.17) is 21.3 Å². The lowest BCUT2D eigenvalue weighted by Gasteiger charge is -2.19. The van der Waals surface area contributed by atoms with Crippen molar-refractivity contribution < 1.29 is 4.74 Å². The molecule has 3 heterocycles. The molecule has 0 radical (unpaired) electrons. The van der Waals surface area contributed by atoms with Gasteiger partial charge in [-0.2, -0.15) is 5.10 Å². The van der Waals surface area contributed by atoms with Gasteiger partial charge < -0.3 is 4.74 Å². The van der Waals surface area contributed by atoms with Gasteiger partial charge in [0.05, 0.1) is 10.7 Å². The zero-order valence-electron chi connectivity index (χ0n) is 13.4. The second-order valence-corrected chi connectivity index (χ2v) is 6.78. The number of aliphatic imine (C=N–C) groups is 1. The highest BCUT2D eigenvalue weighted by Gasteiger charge is 2.22. The number of aryl methyl sites for hydroxylation is 1. The third kappa shape index (κ3) is 2.96. The fourth-order valence-electron chi connectivity index (χ4n) is 2.80. The molecule has 1 aromatic carbocycles. The summed E-state index contributed by atoms with van der Waals surface area (Å²) < 4.78 is 8.20. The van der Waals surface area contributed by atoms with Crippen molar-refractivity contribution in [2.45, 2.75) is 20.0 Å². The molecule has 2 aromatic heterocycles. The Morgan fingerprint density at radius 2 is 2.16 bits per heavy atom. The van der Waals surface area contributed by atoms with Crippen LogP contribution in [0.1, 0.15) is 23.7 Å². The fraction of sp³-hybridized carbons (Fsp3) is 0.167. The van der Waals surface area contributed by atoms with E-state index in [1.54, 1.807) is 23.0 Å². The average molecular weight is 418 g/mol. The molecule has 4 rings (SSSR count). The molecule has 0 aliphatic carbocycles. The second kappa shape index (κ2) is 6.61. The molecule has 126 valence electrons. The fourth-order valence-corrected chi connectivity index (χ4v) is 3.38. The number of halogens is 2. The maximum absolute atomic E-state index is 6.29. The van der Waals surface area contributed by atoms with Gasteiger partial charge in [0.15, 0.2) is 5.82 Å². The summed E-state index contributed by atoms with van der Waals surface area (Å²) in [6, 6.07) is 11.6. The number of nitrogens with zero attached hydrogens (tertiary/aromatic N) is 4. The van der Waals surface area contributed by atoms with Crippen molar-refractivity contribution in [2.75, 3.05) is 0 Å². The van der Waals surface area contributed by atoms with Gasteiger partial charge in [-0.3, -0.25) is 0 Å². The average Bonchev–Trinajstić information content (AvgIpc) is 3.02. The molecule has 0 spiro atoms. The molecule has 0 N–H and O–H groups in total. The first-order valence-corrected chi connectivity index (χ1v) is 9.03. The Labute approximate surface area is 158 Å². The lowest BCUT2D eigenvalue weighted by molar-refractivity contribution is 0.286. The number of hydrogen-bond donors (Lipinski definition) is 0. The molecule has 25 heavy (non-hydrogen) atoms. The van der Waals surface area contributed by atoms with E-state index in [9.17, 15) is 0 Å². The van der Waals surface area contributed by atoms with Crippen molar-refractivity contribution in [3.63, 3.8) is 0 Å². The molecular weight excluding hydrogens is 404 g/mol. The van der Waals surface area contributed by atoms with Crippen LogP contribution in [-0.4, -0.2) is 20.7 Å². The van der Waals surface area contributed by atoms with E-state index in [-0.39, 0.29) is 0 Å². The van der Waals surface area contributed by atoms with Crippen LogP contribution in [-0.2, 0) is 17.8 Å². The number of aromatic nitrogens is 3. The number of rotatable bonds is 3. The normalized spacial score (nSPS) is 13.2. The van der Waals surface area contributed by atoms with Crippen LogP contribution in [0, 0.1) is 0 Å². The minimum atomic E-state index is 0.473. The Bertz CT molecular complexity index is 983. The third-order valence-corrected chi connectivity index (χ3v) is 4.68. The summed E-state index contributed by atoms with van der Waals surface area (Å²) in [6.07, 6.45) is 2.59. The lowest BCUT2D eigenvalue weighted by Crippen LogP contribution is -2.17. The summed E-state index contributed by atoms with van der Waals surface area (Å²) in [4.78, 5) is 9.09.